The number of hydrogen-bond donors (Lipinski definition) is 2. The van der Waals surface area contributed by atoms with Crippen LogP contribution in [0.4, 0.5) is 0 Å². The van der Waals surface area contributed by atoms with Gasteiger partial charge in [-0.2, -0.15) is 0 Å². The highest BCUT2D eigenvalue weighted by Crippen LogP contribution is 2.39. The van der Waals surface area contributed by atoms with E-state index in [2.05, 4.69) is 29.2 Å². The number of hydrogen-bond acceptors (Lipinski definition) is 5. The summed E-state index contributed by atoms with van der Waals surface area (Å²) in [4.78, 5) is 8.40. The molecule has 0 aromatic carbocycles. The first-order chi connectivity index (χ1) is 9.13. The van der Waals surface area contributed by atoms with Crippen LogP contribution in [0.15, 0.2) is 12.4 Å². The summed E-state index contributed by atoms with van der Waals surface area (Å²) >= 11 is 0. The molecule has 3 atom stereocenters. The largest absolute Gasteiger partial charge is 0.481 e. The predicted octanol–water partition coefficient (Wildman–Crippen LogP) is 2.06. The Kier molecular flexibility index (Phi) is 4.71. The van der Waals surface area contributed by atoms with Crippen LogP contribution < -0.4 is 16.0 Å². The molecule has 3 N–H and O–H groups in total. The molecule has 0 saturated heterocycles. The Morgan fingerprint density at radius 1 is 1.26 bits per heavy atom. The highest BCUT2D eigenvalue weighted by molar-refractivity contribution is 5.17. The van der Waals surface area contributed by atoms with Crippen LogP contribution in [0.2, 0.25) is 0 Å². The fourth-order valence-corrected chi connectivity index (χ4v) is 3.38. The van der Waals surface area contributed by atoms with Crippen molar-refractivity contribution in [2.24, 2.45) is 23.6 Å². The molecule has 1 aromatic heterocycles. The number of nitrogens with one attached hydrogen (secondary N) is 1. The topological polar surface area (TPSA) is 73.1 Å². The lowest BCUT2D eigenvalue weighted by Gasteiger charge is -2.35. The Labute approximate surface area is 114 Å². The van der Waals surface area contributed by atoms with Gasteiger partial charge in [0.1, 0.15) is 6.33 Å². The van der Waals surface area contributed by atoms with Gasteiger partial charge in [-0.25, -0.2) is 9.97 Å². The highest BCUT2D eigenvalue weighted by Gasteiger charge is 2.31. The third-order valence-electron chi connectivity index (χ3n) is 4.06. The standard InChI is InChI=1S/C14H24N4O/c1-9-4-10(2)6-11(5-9)14(18-15)12-7-13(19-3)17-8-16-12/h7-11,14,18H,4-6,15H2,1-3H3. The molecule has 1 fully saturated rings. The maximum atomic E-state index is 5.77. The zero-order valence-electron chi connectivity index (χ0n) is 12.0. The van der Waals surface area contributed by atoms with Gasteiger partial charge in [0.25, 0.3) is 0 Å². The van der Waals surface area contributed by atoms with Gasteiger partial charge in [0, 0.05) is 6.07 Å². The Bertz CT molecular complexity index is 402. The molecule has 0 spiro atoms. The van der Waals surface area contributed by atoms with E-state index in [1.807, 2.05) is 6.07 Å². The number of methoxy groups -OCH3 is 1. The number of aromatic nitrogens is 2. The van der Waals surface area contributed by atoms with E-state index in [0.29, 0.717) is 11.8 Å². The lowest BCUT2D eigenvalue weighted by molar-refractivity contribution is 0.174. The zero-order chi connectivity index (χ0) is 13.8. The minimum atomic E-state index is 0.0714. The molecule has 0 bridgehead atoms. The quantitative estimate of drug-likeness (QED) is 0.643. The van der Waals surface area contributed by atoms with Crippen molar-refractivity contribution in [2.75, 3.05) is 7.11 Å². The van der Waals surface area contributed by atoms with E-state index in [0.717, 1.165) is 17.5 Å². The van der Waals surface area contributed by atoms with Gasteiger partial charge < -0.3 is 4.74 Å². The molecule has 1 aliphatic carbocycles. The maximum Gasteiger partial charge on any atom is 0.216 e. The highest BCUT2D eigenvalue weighted by atomic mass is 16.5. The number of rotatable bonds is 4. The van der Waals surface area contributed by atoms with Crippen LogP contribution in [0.1, 0.15) is 44.8 Å². The zero-order valence-corrected chi connectivity index (χ0v) is 12.0. The van der Waals surface area contributed by atoms with E-state index in [1.54, 1.807) is 7.11 Å². The van der Waals surface area contributed by atoms with Crippen LogP contribution in [0, 0.1) is 17.8 Å². The van der Waals surface area contributed by atoms with Crippen molar-refractivity contribution in [3.05, 3.63) is 18.1 Å². The molecule has 5 nitrogen and oxygen atoms in total. The van der Waals surface area contributed by atoms with Crippen LogP contribution >= 0.6 is 0 Å². The van der Waals surface area contributed by atoms with Gasteiger partial charge in [-0.3, -0.25) is 11.3 Å². The van der Waals surface area contributed by atoms with Gasteiger partial charge in [0.15, 0.2) is 0 Å². The average Bonchev–Trinajstić information content (AvgIpc) is 2.39. The van der Waals surface area contributed by atoms with Crippen molar-refractivity contribution in [1.82, 2.24) is 15.4 Å². The SMILES string of the molecule is COc1cc(C(NN)C2CC(C)CC(C)C2)ncn1. The molecular weight excluding hydrogens is 240 g/mol. The summed E-state index contributed by atoms with van der Waals surface area (Å²) in [6.45, 7) is 4.63. The number of nitrogens with zero attached hydrogens (tertiary/aromatic N) is 2. The fraction of sp³-hybridized carbons (Fsp3) is 0.714. The molecule has 1 aromatic rings. The molecule has 1 heterocycles. The predicted molar refractivity (Wildman–Crippen MR) is 74.3 cm³/mol. The van der Waals surface area contributed by atoms with E-state index < -0.39 is 0 Å². The Morgan fingerprint density at radius 3 is 2.53 bits per heavy atom. The van der Waals surface area contributed by atoms with Crippen LogP contribution in [0.3, 0.4) is 0 Å². The van der Waals surface area contributed by atoms with Gasteiger partial charge in [0.05, 0.1) is 18.8 Å². The molecule has 106 valence electrons. The average molecular weight is 264 g/mol. The van der Waals surface area contributed by atoms with Gasteiger partial charge in [-0.1, -0.05) is 13.8 Å². The van der Waals surface area contributed by atoms with Crippen LogP contribution in [0.25, 0.3) is 0 Å². The van der Waals surface area contributed by atoms with Crippen molar-refractivity contribution < 1.29 is 4.74 Å². The fourth-order valence-electron chi connectivity index (χ4n) is 3.38. The van der Waals surface area contributed by atoms with E-state index >= 15 is 0 Å². The first kappa shape index (κ1) is 14.2. The summed E-state index contributed by atoms with van der Waals surface area (Å²) < 4.78 is 5.16. The molecule has 1 aliphatic rings. The van der Waals surface area contributed by atoms with Gasteiger partial charge in [0.2, 0.25) is 5.88 Å². The minimum absolute atomic E-state index is 0.0714. The molecule has 0 amide bonds. The lowest BCUT2D eigenvalue weighted by Crippen LogP contribution is -2.37. The van der Waals surface area contributed by atoms with E-state index in [-0.39, 0.29) is 6.04 Å². The Balaban J connectivity index is 2.18. The molecule has 1 saturated carbocycles. The molecule has 0 aliphatic heterocycles. The monoisotopic (exact) mass is 264 g/mol. The van der Waals surface area contributed by atoms with Crippen molar-refractivity contribution in [3.8, 4) is 5.88 Å². The second-order valence-electron chi connectivity index (χ2n) is 5.81. The molecular formula is C14H24N4O. The van der Waals surface area contributed by atoms with Gasteiger partial charge in [-0.15, -0.1) is 0 Å². The third-order valence-corrected chi connectivity index (χ3v) is 4.06. The Morgan fingerprint density at radius 2 is 1.95 bits per heavy atom. The summed E-state index contributed by atoms with van der Waals surface area (Å²) in [5.41, 5.74) is 3.85. The minimum Gasteiger partial charge on any atom is -0.481 e. The van der Waals surface area contributed by atoms with Gasteiger partial charge >= 0.3 is 0 Å². The summed E-state index contributed by atoms with van der Waals surface area (Å²) in [6, 6.07) is 1.94. The van der Waals surface area contributed by atoms with Crippen LogP contribution in [-0.2, 0) is 0 Å². The second-order valence-corrected chi connectivity index (χ2v) is 5.81. The first-order valence-corrected chi connectivity index (χ1v) is 6.96. The van der Waals surface area contributed by atoms with Crippen LogP contribution in [-0.4, -0.2) is 17.1 Å². The summed E-state index contributed by atoms with van der Waals surface area (Å²) in [7, 11) is 1.61. The summed E-state index contributed by atoms with van der Waals surface area (Å²) in [5.74, 6) is 8.36. The molecule has 3 unspecified atom stereocenters. The first-order valence-electron chi connectivity index (χ1n) is 6.96. The summed E-state index contributed by atoms with van der Waals surface area (Å²) in [6.07, 6.45) is 5.21. The Hall–Kier alpha value is -1.20. The third kappa shape index (κ3) is 3.42. The summed E-state index contributed by atoms with van der Waals surface area (Å²) in [5, 5.41) is 0. The number of nitrogens with two attached hydrogens (primary N) is 1. The van der Waals surface area contributed by atoms with Crippen LogP contribution in [0.5, 0.6) is 5.88 Å². The van der Waals surface area contributed by atoms with E-state index in [1.165, 1.54) is 25.6 Å². The number of hydrazine groups is 1. The second kappa shape index (κ2) is 6.30. The van der Waals surface area contributed by atoms with Gasteiger partial charge in [-0.05, 0) is 37.0 Å². The van der Waals surface area contributed by atoms with Crippen molar-refractivity contribution in [3.63, 3.8) is 0 Å². The van der Waals surface area contributed by atoms with E-state index in [9.17, 15) is 0 Å². The normalized spacial score (nSPS) is 28.9. The lowest BCUT2D eigenvalue weighted by atomic mass is 9.73. The van der Waals surface area contributed by atoms with Crippen molar-refractivity contribution in [2.45, 2.75) is 39.2 Å². The smallest absolute Gasteiger partial charge is 0.216 e. The molecule has 0 radical (unpaired) electrons. The molecule has 19 heavy (non-hydrogen) atoms. The van der Waals surface area contributed by atoms with Crippen molar-refractivity contribution in [1.29, 1.82) is 0 Å². The maximum absolute atomic E-state index is 5.77. The van der Waals surface area contributed by atoms with E-state index in [4.69, 9.17) is 10.6 Å². The number of ether oxygens (including phenoxy) is 1. The van der Waals surface area contributed by atoms with Crippen molar-refractivity contribution >= 4 is 0 Å². The molecule has 2 rings (SSSR count). The molecule has 5 heteroatoms.